The Balaban J connectivity index is 1.57. The standard InChI is InChI=1S/C17H13BrClN3O/c18-12-4-5-16-20-7-13(22(16)9-12)6-17(23)21-8-11-2-1-3-15(19)14(11)10-21/h1-5,7,9H,6,8,10H2. The van der Waals surface area contributed by atoms with E-state index in [1.54, 1.807) is 6.20 Å². The third-order valence-electron chi connectivity index (χ3n) is 4.16. The van der Waals surface area contributed by atoms with E-state index in [0.717, 1.165) is 32.0 Å². The number of hydrogen-bond acceptors (Lipinski definition) is 2. The molecule has 0 bridgehead atoms. The van der Waals surface area contributed by atoms with Gasteiger partial charge in [-0.25, -0.2) is 4.98 Å². The molecule has 23 heavy (non-hydrogen) atoms. The minimum Gasteiger partial charge on any atom is -0.334 e. The van der Waals surface area contributed by atoms with Gasteiger partial charge in [-0.15, -0.1) is 0 Å². The number of pyridine rings is 1. The molecule has 0 fully saturated rings. The monoisotopic (exact) mass is 389 g/mol. The Bertz CT molecular complexity index is 921. The molecular weight excluding hydrogens is 378 g/mol. The summed E-state index contributed by atoms with van der Waals surface area (Å²) in [4.78, 5) is 18.8. The Morgan fingerprint density at radius 3 is 2.96 bits per heavy atom. The molecule has 0 saturated carbocycles. The molecule has 0 radical (unpaired) electrons. The maximum absolute atomic E-state index is 12.7. The van der Waals surface area contributed by atoms with E-state index < -0.39 is 0 Å². The first kappa shape index (κ1) is 14.7. The highest BCUT2D eigenvalue weighted by atomic mass is 79.9. The Kier molecular flexibility index (Phi) is 3.62. The van der Waals surface area contributed by atoms with E-state index in [9.17, 15) is 4.79 Å². The van der Waals surface area contributed by atoms with Crippen molar-refractivity contribution >= 4 is 39.1 Å². The molecule has 6 heteroatoms. The number of rotatable bonds is 2. The van der Waals surface area contributed by atoms with E-state index in [1.165, 1.54) is 0 Å². The van der Waals surface area contributed by atoms with Crippen molar-refractivity contribution in [2.75, 3.05) is 0 Å². The molecule has 3 heterocycles. The van der Waals surface area contributed by atoms with Crippen molar-refractivity contribution in [1.29, 1.82) is 0 Å². The second kappa shape index (κ2) is 5.65. The maximum atomic E-state index is 12.7. The third-order valence-corrected chi connectivity index (χ3v) is 4.98. The summed E-state index contributed by atoms with van der Waals surface area (Å²) in [5, 5.41) is 0.733. The molecule has 116 valence electrons. The average molecular weight is 391 g/mol. The van der Waals surface area contributed by atoms with Gasteiger partial charge >= 0.3 is 0 Å². The molecule has 0 N–H and O–H groups in total. The van der Waals surface area contributed by atoms with Crippen LogP contribution in [-0.2, 0) is 24.3 Å². The van der Waals surface area contributed by atoms with E-state index in [2.05, 4.69) is 20.9 Å². The van der Waals surface area contributed by atoms with Crippen molar-refractivity contribution in [2.45, 2.75) is 19.5 Å². The summed E-state index contributed by atoms with van der Waals surface area (Å²) in [6.07, 6.45) is 4.01. The predicted molar refractivity (Wildman–Crippen MR) is 92.3 cm³/mol. The molecule has 0 aliphatic carbocycles. The largest absolute Gasteiger partial charge is 0.334 e. The van der Waals surface area contributed by atoms with Gasteiger partial charge in [-0.3, -0.25) is 4.79 Å². The highest BCUT2D eigenvalue weighted by Gasteiger charge is 2.25. The molecule has 1 aliphatic heterocycles. The van der Waals surface area contributed by atoms with Crippen LogP contribution in [0.5, 0.6) is 0 Å². The van der Waals surface area contributed by atoms with Gasteiger partial charge in [0.25, 0.3) is 0 Å². The quantitative estimate of drug-likeness (QED) is 0.667. The van der Waals surface area contributed by atoms with E-state index in [0.29, 0.717) is 19.5 Å². The number of fused-ring (bicyclic) bond motifs is 2. The average Bonchev–Trinajstić information content (AvgIpc) is 3.13. The number of halogens is 2. The Hall–Kier alpha value is -1.85. The van der Waals surface area contributed by atoms with E-state index >= 15 is 0 Å². The number of hydrogen-bond donors (Lipinski definition) is 0. The van der Waals surface area contributed by atoms with Crippen molar-refractivity contribution in [1.82, 2.24) is 14.3 Å². The lowest BCUT2D eigenvalue weighted by Gasteiger charge is -2.15. The number of amides is 1. The summed E-state index contributed by atoms with van der Waals surface area (Å²) < 4.78 is 2.90. The summed E-state index contributed by atoms with van der Waals surface area (Å²) in [6.45, 7) is 1.20. The highest BCUT2D eigenvalue weighted by molar-refractivity contribution is 9.10. The lowest BCUT2D eigenvalue weighted by atomic mass is 10.1. The number of imidazole rings is 1. The van der Waals surface area contributed by atoms with Crippen LogP contribution in [0.3, 0.4) is 0 Å². The van der Waals surface area contributed by atoms with Crippen LogP contribution < -0.4 is 0 Å². The number of aromatic nitrogens is 2. The molecule has 1 amide bonds. The lowest BCUT2D eigenvalue weighted by Crippen LogP contribution is -2.27. The first-order chi connectivity index (χ1) is 11.1. The molecule has 0 unspecified atom stereocenters. The zero-order valence-corrected chi connectivity index (χ0v) is 14.5. The van der Waals surface area contributed by atoms with Gasteiger partial charge in [0, 0.05) is 35.0 Å². The van der Waals surface area contributed by atoms with Gasteiger partial charge in [0.1, 0.15) is 5.65 Å². The van der Waals surface area contributed by atoms with Crippen molar-refractivity contribution in [2.24, 2.45) is 0 Å². The topological polar surface area (TPSA) is 37.6 Å². The molecule has 1 aromatic carbocycles. The molecule has 2 aromatic heterocycles. The van der Waals surface area contributed by atoms with Crippen LogP contribution in [0, 0.1) is 0 Å². The third kappa shape index (κ3) is 2.64. The fraction of sp³-hybridized carbons (Fsp3) is 0.176. The highest BCUT2D eigenvalue weighted by Crippen LogP contribution is 2.29. The smallest absolute Gasteiger partial charge is 0.229 e. The van der Waals surface area contributed by atoms with E-state index in [4.69, 9.17) is 11.6 Å². The van der Waals surface area contributed by atoms with Gasteiger partial charge in [0.2, 0.25) is 5.91 Å². The zero-order chi connectivity index (χ0) is 16.0. The molecule has 0 atom stereocenters. The van der Waals surface area contributed by atoms with Crippen LogP contribution in [-0.4, -0.2) is 20.2 Å². The molecular formula is C17H13BrClN3O. The van der Waals surface area contributed by atoms with Gasteiger partial charge in [-0.1, -0.05) is 23.7 Å². The molecule has 0 spiro atoms. The number of carbonyl (C=O) groups is 1. The van der Waals surface area contributed by atoms with Crippen LogP contribution in [0.15, 0.2) is 47.2 Å². The summed E-state index contributed by atoms with van der Waals surface area (Å²) in [7, 11) is 0. The lowest BCUT2D eigenvalue weighted by molar-refractivity contribution is -0.131. The number of carbonyl (C=O) groups excluding carboxylic acids is 1. The van der Waals surface area contributed by atoms with Crippen LogP contribution in [0.2, 0.25) is 5.02 Å². The van der Waals surface area contributed by atoms with Crippen molar-refractivity contribution in [3.8, 4) is 0 Å². The molecule has 1 aliphatic rings. The molecule has 4 nitrogen and oxygen atoms in total. The van der Waals surface area contributed by atoms with Gasteiger partial charge in [0.15, 0.2) is 0 Å². The summed E-state index contributed by atoms with van der Waals surface area (Å²) in [5.41, 5.74) is 3.91. The molecule has 3 aromatic rings. The van der Waals surface area contributed by atoms with Crippen molar-refractivity contribution < 1.29 is 4.79 Å². The van der Waals surface area contributed by atoms with Gasteiger partial charge in [0.05, 0.1) is 12.1 Å². The number of nitrogens with zero attached hydrogens (tertiary/aromatic N) is 3. The predicted octanol–water partition coefficient (Wildman–Crippen LogP) is 3.84. The second-order valence-corrected chi connectivity index (χ2v) is 6.95. The van der Waals surface area contributed by atoms with Crippen LogP contribution in [0.4, 0.5) is 0 Å². The minimum absolute atomic E-state index is 0.0824. The second-order valence-electron chi connectivity index (χ2n) is 5.63. The molecule has 0 saturated heterocycles. The van der Waals surface area contributed by atoms with Gasteiger partial charge in [-0.2, -0.15) is 0 Å². The Morgan fingerprint density at radius 2 is 2.13 bits per heavy atom. The fourth-order valence-electron chi connectivity index (χ4n) is 2.96. The minimum atomic E-state index is 0.0824. The van der Waals surface area contributed by atoms with Crippen LogP contribution in [0.25, 0.3) is 5.65 Å². The fourth-order valence-corrected chi connectivity index (χ4v) is 3.55. The SMILES string of the molecule is O=C(Cc1cnc2ccc(Br)cn12)N1Cc2cccc(Cl)c2C1. The van der Waals surface area contributed by atoms with E-state index in [-0.39, 0.29) is 5.91 Å². The molecule has 4 rings (SSSR count). The summed E-state index contributed by atoms with van der Waals surface area (Å²) in [6, 6.07) is 9.68. The normalized spacial score (nSPS) is 13.6. The van der Waals surface area contributed by atoms with E-state index in [1.807, 2.05) is 45.8 Å². The van der Waals surface area contributed by atoms with Crippen LogP contribution in [0.1, 0.15) is 16.8 Å². The van der Waals surface area contributed by atoms with Crippen LogP contribution >= 0.6 is 27.5 Å². The maximum Gasteiger partial charge on any atom is 0.229 e. The summed E-state index contributed by atoms with van der Waals surface area (Å²) >= 11 is 9.67. The van der Waals surface area contributed by atoms with Gasteiger partial charge in [-0.05, 0) is 45.3 Å². The Morgan fingerprint density at radius 1 is 1.26 bits per heavy atom. The summed E-state index contributed by atoms with van der Waals surface area (Å²) in [5.74, 6) is 0.0824. The van der Waals surface area contributed by atoms with Crippen molar-refractivity contribution in [3.05, 3.63) is 69.0 Å². The first-order valence-electron chi connectivity index (χ1n) is 7.27. The van der Waals surface area contributed by atoms with Gasteiger partial charge < -0.3 is 9.30 Å². The zero-order valence-electron chi connectivity index (χ0n) is 12.2. The first-order valence-corrected chi connectivity index (χ1v) is 8.44. The van der Waals surface area contributed by atoms with Crippen molar-refractivity contribution in [3.63, 3.8) is 0 Å². The Labute approximate surface area is 146 Å². The number of benzene rings is 1.